The minimum Gasteiger partial charge on any atom is -0.396 e. The quantitative estimate of drug-likeness (QED) is 0.758. The Kier molecular flexibility index (Phi) is 3.93. The summed E-state index contributed by atoms with van der Waals surface area (Å²) in [6.45, 7) is 9.12. The van der Waals surface area contributed by atoms with E-state index in [1.165, 1.54) is 0 Å². The van der Waals surface area contributed by atoms with Crippen LogP contribution in [0.4, 0.5) is 0 Å². The van der Waals surface area contributed by atoms with E-state index in [9.17, 15) is 0 Å². The molecule has 1 saturated heterocycles. The Labute approximate surface area is 86.4 Å². The summed E-state index contributed by atoms with van der Waals surface area (Å²) in [5, 5.41) is 8.90. The molecule has 84 valence electrons. The first-order chi connectivity index (χ1) is 6.46. The van der Waals surface area contributed by atoms with Crippen LogP contribution in [0.3, 0.4) is 0 Å². The zero-order valence-electron chi connectivity index (χ0n) is 9.62. The van der Waals surface area contributed by atoms with Crippen molar-refractivity contribution in [1.82, 2.24) is 0 Å². The van der Waals surface area contributed by atoms with Gasteiger partial charge in [0.2, 0.25) is 0 Å². The summed E-state index contributed by atoms with van der Waals surface area (Å²) in [5.41, 5.74) is 0. The maximum atomic E-state index is 8.90. The first-order valence-corrected chi connectivity index (χ1v) is 5.39. The van der Waals surface area contributed by atoms with Gasteiger partial charge in [-0.25, -0.2) is 0 Å². The molecule has 0 unspecified atom stereocenters. The zero-order valence-corrected chi connectivity index (χ0v) is 9.62. The Bertz CT molecular complexity index is 179. The lowest BCUT2D eigenvalue weighted by Gasteiger charge is -2.42. The van der Waals surface area contributed by atoms with Crippen LogP contribution in [0, 0.1) is 11.8 Å². The van der Waals surface area contributed by atoms with Crippen LogP contribution in [-0.2, 0) is 9.47 Å². The highest BCUT2D eigenvalue weighted by atomic mass is 16.7. The van der Waals surface area contributed by atoms with Gasteiger partial charge in [0.05, 0.1) is 12.7 Å². The van der Waals surface area contributed by atoms with Crippen LogP contribution in [0.25, 0.3) is 0 Å². The van der Waals surface area contributed by atoms with Crippen LogP contribution in [0.15, 0.2) is 0 Å². The molecule has 14 heavy (non-hydrogen) atoms. The van der Waals surface area contributed by atoms with Crippen LogP contribution < -0.4 is 0 Å². The van der Waals surface area contributed by atoms with Gasteiger partial charge in [-0.3, -0.25) is 0 Å². The van der Waals surface area contributed by atoms with Crippen molar-refractivity contribution in [3.63, 3.8) is 0 Å². The molecule has 0 amide bonds. The molecule has 1 aliphatic rings. The van der Waals surface area contributed by atoms with Crippen LogP contribution in [-0.4, -0.2) is 30.2 Å². The first-order valence-electron chi connectivity index (χ1n) is 5.39. The summed E-state index contributed by atoms with van der Waals surface area (Å²) >= 11 is 0. The second-order valence-electron chi connectivity index (χ2n) is 4.76. The lowest BCUT2D eigenvalue weighted by molar-refractivity contribution is -0.300. The Morgan fingerprint density at radius 2 is 2.14 bits per heavy atom. The fourth-order valence-corrected chi connectivity index (χ4v) is 1.95. The van der Waals surface area contributed by atoms with Gasteiger partial charge in [-0.15, -0.1) is 0 Å². The molecule has 1 aliphatic heterocycles. The standard InChI is InChI=1S/C11H22O3/c1-8(5-6-12)10-9(2)7-13-11(3,4)14-10/h8-10,12H,5-7H2,1-4H3/t8-,9+,10+/m1/s1. The average molecular weight is 202 g/mol. The molecule has 0 bridgehead atoms. The highest BCUT2D eigenvalue weighted by molar-refractivity contribution is 4.78. The molecule has 0 saturated carbocycles. The van der Waals surface area contributed by atoms with Gasteiger partial charge >= 0.3 is 0 Å². The third-order valence-corrected chi connectivity index (χ3v) is 2.82. The maximum absolute atomic E-state index is 8.90. The van der Waals surface area contributed by atoms with Gasteiger partial charge in [-0.1, -0.05) is 13.8 Å². The molecule has 1 N–H and O–H groups in total. The van der Waals surface area contributed by atoms with Crippen LogP contribution in [0.1, 0.15) is 34.1 Å². The van der Waals surface area contributed by atoms with E-state index in [0.29, 0.717) is 11.8 Å². The van der Waals surface area contributed by atoms with Crippen LogP contribution >= 0.6 is 0 Å². The number of aliphatic hydroxyl groups excluding tert-OH is 1. The molecule has 3 nitrogen and oxygen atoms in total. The van der Waals surface area contributed by atoms with E-state index >= 15 is 0 Å². The van der Waals surface area contributed by atoms with E-state index in [2.05, 4.69) is 13.8 Å². The van der Waals surface area contributed by atoms with Crippen LogP contribution in [0.2, 0.25) is 0 Å². The van der Waals surface area contributed by atoms with E-state index in [0.717, 1.165) is 13.0 Å². The number of rotatable bonds is 3. The zero-order chi connectivity index (χ0) is 10.8. The maximum Gasteiger partial charge on any atom is 0.163 e. The number of ether oxygens (including phenoxy) is 2. The van der Waals surface area contributed by atoms with Crippen molar-refractivity contribution < 1.29 is 14.6 Å². The normalized spacial score (nSPS) is 34.1. The van der Waals surface area contributed by atoms with E-state index < -0.39 is 5.79 Å². The number of hydrogen-bond donors (Lipinski definition) is 1. The van der Waals surface area contributed by atoms with Gasteiger partial charge in [-0.05, 0) is 26.2 Å². The Hall–Kier alpha value is -0.120. The van der Waals surface area contributed by atoms with Crippen molar-refractivity contribution in [1.29, 1.82) is 0 Å². The summed E-state index contributed by atoms with van der Waals surface area (Å²) in [5.74, 6) is 0.323. The second kappa shape index (κ2) is 4.60. The third kappa shape index (κ3) is 2.94. The summed E-state index contributed by atoms with van der Waals surface area (Å²) in [7, 11) is 0. The summed E-state index contributed by atoms with van der Waals surface area (Å²) in [6, 6.07) is 0. The van der Waals surface area contributed by atoms with Gasteiger partial charge in [0.15, 0.2) is 5.79 Å². The molecule has 3 atom stereocenters. The molecule has 0 aromatic rings. The topological polar surface area (TPSA) is 38.7 Å². The lowest BCUT2D eigenvalue weighted by atomic mass is 9.90. The Balaban J connectivity index is 2.56. The van der Waals surface area contributed by atoms with E-state index in [-0.39, 0.29) is 12.7 Å². The van der Waals surface area contributed by atoms with Gasteiger partial charge < -0.3 is 14.6 Å². The van der Waals surface area contributed by atoms with E-state index in [1.807, 2.05) is 13.8 Å². The first kappa shape index (κ1) is 12.0. The molecular weight excluding hydrogens is 180 g/mol. The van der Waals surface area contributed by atoms with Crippen molar-refractivity contribution in [2.24, 2.45) is 11.8 Å². The van der Waals surface area contributed by atoms with Gasteiger partial charge in [0.1, 0.15) is 0 Å². The van der Waals surface area contributed by atoms with Crippen molar-refractivity contribution >= 4 is 0 Å². The minimum atomic E-state index is -0.471. The highest BCUT2D eigenvalue weighted by Gasteiger charge is 2.36. The summed E-state index contributed by atoms with van der Waals surface area (Å²) in [6.07, 6.45) is 0.997. The molecule has 1 heterocycles. The van der Waals surface area contributed by atoms with Crippen molar-refractivity contribution in [2.75, 3.05) is 13.2 Å². The molecule has 0 aliphatic carbocycles. The van der Waals surface area contributed by atoms with Crippen molar-refractivity contribution in [3.05, 3.63) is 0 Å². The molecular formula is C11H22O3. The SMILES string of the molecule is C[C@H](CCO)[C@@H]1OC(C)(C)OC[C@@H]1C. The number of hydrogen-bond acceptors (Lipinski definition) is 3. The molecule has 1 fully saturated rings. The molecule has 3 heteroatoms. The molecule has 1 rings (SSSR count). The smallest absolute Gasteiger partial charge is 0.163 e. The van der Waals surface area contributed by atoms with Gasteiger partial charge in [0.25, 0.3) is 0 Å². The lowest BCUT2D eigenvalue weighted by Crippen LogP contribution is -2.47. The van der Waals surface area contributed by atoms with Gasteiger partial charge in [-0.2, -0.15) is 0 Å². The molecule has 0 spiro atoms. The molecule has 0 radical (unpaired) electrons. The number of aliphatic hydroxyl groups is 1. The molecule has 0 aromatic carbocycles. The second-order valence-corrected chi connectivity index (χ2v) is 4.76. The van der Waals surface area contributed by atoms with Crippen LogP contribution in [0.5, 0.6) is 0 Å². The van der Waals surface area contributed by atoms with Crippen molar-refractivity contribution in [2.45, 2.75) is 46.0 Å². The Morgan fingerprint density at radius 3 is 2.71 bits per heavy atom. The predicted molar refractivity (Wildman–Crippen MR) is 54.9 cm³/mol. The summed E-state index contributed by atoms with van der Waals surface area (Å²) < 4.78 is 11.4. The Morgan fingerprint density at radius 1 is 1.50 bits per heavy atom. The van der Waals surface area contributed by atoms with Gasteiger partial charge in [0, 0.05) is 12.5 Å². The fraction of sp³-hybridized carbons (Fsp3) is 1.00. The highest BCUT2D eigenvalue weighted by Crippen LogP contribution is 2.31. The summed E-state index contributed by atoms with van der Waals surface area (Å²) in [4.78, 5) is 0. The van der Waals surface area contributed by atoms with E-state index in [1.54, 1.807) is 0 Å². The predicted octanol–water partition coefficient (Wildman–Crippen LogP) is 1.79. The van der Waals surface area contributed by atoms with Crippen molar-refractivity contribution in [3.8, 4) is 0 Å². The largest absolute Gasteiger partial charge is 0.396 e. The third-order valence-electron chi connectivity index (χ3n) is 2.82. The monoisotopic (exact) mass is 202 g/mol. The fourth-order valence-electron chi connectivity index (χ4n) is 1.95. The minimum absolute atomic E-state index is 0.200. The molecule has 0 aromatic heterocycles. The average Bonchev–Trinajstić information content (AvgIpc) is 2.10. The van der Waals surface area contributed by atoms with E-state index in [4.69, 9.17) is 14.6 Å².